The highest BCUT2D eigenvalue weighted by atomic mass is 19.1. The van der Waals surface area contributed by atoms with Gasteiger partial charge in [0.2, 0.25) is 0 Å². The van der Waals surface area contributed by atoms with Gasteiger partial charge in [0.15, 0.2) is 0 Å². The molecular weight excluding hydrogens is 389 g/mol. The molecular formula is C22H16FN3O4. The summed E-state index contributed by atoms with van der Waals surface area (Å²) in [5, 5.41) is 7.93. The Balaban J connectivity index is 1.50. The van der Waals surface area contributed by atoms with Gasteiger partial charge in [-0.05, 0) is 29.8 Å². The Bertz CT molecular complexity index is 1280. The first kappa shape index (κ1) is 19.1. The van der Waals surface area contributed by atoms with Crippen LogP contribution in [0.4, 0.5) is 10.1 Å². The van der Waals surface area contributed by atoms with Crippen molar-refractivity contribution in [1.29, 1.82) is 0 Å². The largest absolute Gasteiger partial charge is 0.495 e. The molecule has 0 bridgehead atoms. The lowest BCUT2D eigenvalue weighted by Gasteiger charge is -2.09. The number of fused-ring (bicyclic) bond motifs is 3. The maximum absolute atomic E-state index is 12.9. The highest BCUT2D eigenvalue weighted by Crippen LogP contribution is 2.36. The van der Waals surface area contributed by atoms with E-state index in [1.807, 2.05) is 24.3 Å². The maximum Gasteiger partial charge on any atom is 0.329 e. The van der Waals surface area contributed by atoms with Crippen LogP contribution in [0.3, 0.4) is 0 Å². The second-order valence-electron chi connectivity index (χ2n) is 6.35. The summed E-state index contributed by atoms with van der Waals surface area (Å²) < 4.78 is 24.0. The quantitative estimate of drug-likeness (QED) is 0.307. The summed E-state index contributed by atoms with van der Waals surface area (Å²) in [5.41, 5.74) is 4.21. The molecule has 0 fully saturated rings. The van der Waals surface area contributed by atoms with E-state index < -0.39 is 11.8 Å². The maximum atomic E-state index is 12.9. The number of ether oxygens (including phenoxy) is 1. The van der Waals surface area contributed by atoms with Gasteiger partial charge in [0.25, 0.3) is 0 Å². The van der Waals surface area contributed by atoms with Gasteiger partial charge >= 0.3 is 11.8 Å². The predicted octanol–water partition coefficient (Wildman–Crippen LogP) is 3.82. The number of nitrogens with zero attached hydrogens (tertiary/aromatic N) is 1. The van der Waals surface area contributed by atoms with Crippen LogP contribution in [0.1, 0.15) is 5.56 Å². The molecule has 2 amide bonds. The number of hydrogen-bond donors (Lipinski definition) is 2. The second-order valence-corrected chi connectivity index (χ2v) is 6.35. The third kappa shape index (κ3) is 3.83. The summed E-state index contributed by atoms with van der Waals surface area (Å²) in [6, 6.07) is 16.3. The van der Waals surface area contributed by atoms with Crippen molar-refractivity contribution in [2.45, 2.75) is 0 Å². The zero-order valence-electron chi connectivity index (χ0n) is 15.8. The van der Waals surface area contributed by atoms with E-state index in [1.54, 1.807) is 12.1 Å². The Morgan fingerprint density at radius 2 is 1.77 bits per heavy atom. The van der Waals surface area contributed by atoms with Crippen molar-refractivity contribution >= 4 is 45.7 Å². The number of halogens is 1. The molecule has 7 nitrogen and oxygen atoms in total. The second kappa shape index (κ2) is 8.04. The average molecular weight is 405 g/mol. The fourth-order valence-electron chi connectivity index (χ4n) is 2.96. The van der Waals surface area contributed by atoms with E-state index in [1.165, 1.54) is 37.6 Å². The molecule has 0 saturated heterocycles. The van der Waals surface area contributed by atoms with E-state index in [0.717, 1.165) is 10.8 Å². The van der Waals surface area contributed by atoms with E-state index >= 15 is 0 Å². The minimum absolute atomic E-state index is 0.284. The number of nitrogens with one attached hydrogen (secondary N) is 2. The molecule has 0 radical (unpaired) electrons. The fourth-order valence-corrected chi connectivity index (χ4v) is 2.96. The number of hydrogen-bond acceptors (Lipinski definition) is 5. The first-order chi connectivity index (χ1) is 14.5. The van der Waals surface area contributed by atoms with E-state index in [9.17, 15) is 14.0 Å². The van der Waals surface area contributed by atoms with Crippen LogP contribution in [-0.2, 0) is 9.59 Å². The van der Waals surface area contributed by atoms with Gasteiger partial charge in [-0.2, -0.15) is 5.10 Å². The molecule has 1 heterocycles. The number of anilines is 1. The van der Waals surface area contributed by atoms with Crippen molar-refractivity contribution < 1.29 is 23.1 Å². The molecule has 4 aromatic rings. The molecule has 0 aliphatic carbocycles. The van der Waals surface area contributed by atoms with Crippen molar-refractivity contribution in [3.05, 3.63) is 72.0 Å². The molecule has 30 heavy (non-hydrogen) atoms. The van der Waals surface area contributed by atoms with Crippen LogP contribution >= 0.6 is 0 Å². The van der Waals surface area contributed by atoms with Gasteiger partial charge in [-0.3, -0.25) is 9.59 Å². The Labute approximate surface area is 170 Å². The number of methoxy groups -OCH3 is 1. The Kier molecular flexibility index (Phi) is 5.13. The Morgan fingerprint density at radius 3 is 2.53 bits per heavy atom. The van der Waals surface area contributed by atoms with Gasteiger partial charge in [0.05, 0.1) is 19.0 Å². The molecule has 2 N–H and O–H groups in total. The van der Waals surface area contributed by atoms with Crippen LogP contribution < -0.4 is 15.5 Å². The number of furan rings is 1. The van der Waals surface area contributed by atoms with Crippen LogP contribution in [-0.4, -0.2) is 25.1 Å². The zero-order chi connectivity index (χ0) is 21.1. The Hall–Kier alpha value is -4.20. The van der Waals surface area contributed by atoms with Crippen LogP contribution in [0.2, 0.25) is 0 Å². The molecule has 8 heteroatoms. The van der Waals surface area contributed by atoms with Crippen molar-refractivity contribution in [2.24, 2.45) is 5.10 Å². The monoisotopic (exact) mass is 405 g/mol. The normalized spacial score (nSPS) is 11.1. The summed E-state index contributed by atoms with van der Waals surface area (Å²) in [4.78, 5) is 24.3. The highest BCUT2D eigenvalue weighted by Gasteiger charge is 2.18. The van der Waals surface area contributed by atoms with Crippen LogP contribution in [0.25, 0.3) is 21.9 Å². The van der Waals surface area contributed by atoms with E-state index in [-0.39, 0.29) is 11.5 Å². The molecule has 0 spiro atoms. The number of carbonyl (C=O) groups is 2. The standard InChI is InChI=1S/C22H16FN3O4/c1-29-20-10-16-15-4-2-3-5-18(15)30-19(16)11-17(20)25-21(27)22(28)26-24-12-13-6-8-14(23)9-7-13/h2-12H,1H3,(H,25,27)(H,26,28)/b24-12+. The number of rotatable bonds is 4. The third-order valence-electron chi connectivity index (χ3n) is 4.40. The molecule has 0 aliphatic heterocycles. The van der Waals surface area contributed by atoms with Crippen molar-refractivity contribution in [1.82, 2.24) is 5.43 Å². The lowest BCUT2D eigenvalue weighted by Crippen LogP contribution is -2.32. The SMILES string of the molecule is COc1cc2c(cc1NC(=O)C(=O)N/N=C/c1ccc(F)cc1)oc1ccccc12. The third-order valence-corrected chi connectivity index (χ3v) is 4.40. The summed E-state index contributed by atoms with van der Waals surface area (Å²) in [6.07, 6.45) is 1.30. The molecule has 150 valence electrons. The lowest BCUT2D eigenvalue weighted by molar-refractivity contribution is -0.136. The molecule has 1 aromatic heterocycles. The minimum atomic E-state index is -0.972. The van der Waals surface area contributed by atoms with Gasteiger partial charge in [-0.25, -0.2) is 9.82 Å². The van der Waals surface area contributed by atoms with Crippen LogP contribution in [0, 0.1) is 5.82 Å². The fraction of sp³-hybridized carbons (Fsp3) is 0.0455. The molecule has 4 rings (SSSR count). The number of amides is 2. The summed E-state index contributed by atoms with van der Waals surface area (Å²) in [7, 11) is 1.46. The van der Waals surface area contributed by atoms with E-state index in [2.05, 4.69) is 15.8 Å². The minimum Gasteiger partial charge on any atom is -0.495 e. The number of benzene rings is 3. The van der Waals surface area contributed by atoms with Crippen LogP contribution in [0.5, 0.6) is 5.75 Å². The highest BCUT2D eigenvalue weighted by molar-refractivity contribution is 6.39. The lowest BCUT2D eigenvalue weighted by atomic mass is 10.1. The smallest absolute Gasteiger partial charge is 0.329 e. The Morgan fingerprint density at radius 1 is 1.00 bits per heavy atom. The molecule has 0 unspecified atom stereocenters. The van der Waals surface area contributed by atoms with Gasteiger partial charge in [0, 0.05) is 16.8 Å². The summed E-state index contributed by atoms with van der Waals surface area (Å²) in [5.74, 6) is -1.91. The van der Waals surface area contributed by atoms with Crippen molar-refractivity contribution in [3.8, 4) is 5.75 Å². The first-order valence-corrected chi connectivity index (χ1v) is 8.94. The van der Waals surface area contributed by atoms with Crippen molar-refractivity contribution in [3.63, 3.8) is 0 Å². The zero-order valence-corrected chi connectivity index (χ0v) is 15.8. The number of para-hydroxylation sites is 1. The molecule has 0 atom stereocenters. The van der Waals surface area contributed by atoms with Gasteiger partial charge in [0.1, 0.15) is 22.7 Å². The number of carbonyl (C=O) groups excluding carboxylic acids is 2. The van der Waals surface area contributed by atoms with E-state index in [0.29, 0.717) is 22.5 Å². The van der Waals surface area contributed by atoms with E-state index in [4.69, 9.17) is 9.15 Å². The molecule has 0 aliphatic rings. The average Bonchev–Trinajstić information content (AvgIpc) is 3.11. The summed E-state index contributed by atoms with van der Waals surface area (Å²) >= 11 is 0. The van der Waals surface area contributed by atoms with Gasteiger partial charge in [-0.1, -0.05) is 30.3 Å². The van der Waals surface area contributed by atoms with Crippen molar-refractivity contribution in [2.75, 3.05) is 12.4 Å². The number of hydrazone groups is 1. The molecule has 0 saturated carbocycles. The topological polar surface area (TPSA) is 92.9 Å². The first-order valence-electron chi connectivity index (χ1n) is 8.94. The van der Waals surface area contributed by atoms with Gasteiger partial charge in [-0.15, -0.1) is 0 Å². The van der Waals surface area contributed by atoms with Gasteiger partial charge < -0.3 is 14.5 Å². The predicted molar refractivity (Wildman–Crippen MR) is 111 cm³/mol. The van der Waals surface area contributed by atoms with Crippen LogP contribution in [0.15, 0.2) is 70.2 Å². The summed E-state index contributed by atoms with van der Waals surface area (Å²) in [6.45, 7) is 0. The molecule has 3 aromatic carbocycles.